The van der Waals surface area contributed by atoms with Crippen LogP contribution in [0.2, 0.25) is 0 Å². The third-order valence-corrected chi connectivity index (χ3v) is 4.51. The molecule has 1 N–H and O–H groups in total. The number of carbonyl (C=O) groups is 1. The molecule has 1 aliphatic carbocycles. The van der Waals surface area contributed by atoms with E-state index >= 15 is 0 Å². The van der Waals surface area contributed by atoms with Gasteiger partial charge in [0.15, 0.2) is 0 Å². The van der Waals surface area contributed by atoms with Crippen LogP contribution in [0.1, 0.15) is 31.7 Å². The number of hydrogen-bond acceptors (Lipinski definition) is 2. The highest BCUT2D eigenvalue weighted by Crippen LogP contribution is 2.39. The predicted octanol–water partition coefficient (Wildman–Crippen LogP) is 2.27. The zero-order valence-corrected chi connectivity index (χ0v) is 11.8. The Labute approximate surface area is 122 Å². The molecule has 1 saturated heterocycles. The molecule has 1 saturated carbocycles. The van der Waals surface area contributed by atoms with Crippen LogP contribution in [0.4, 0.5) is 13.6 Å². The molecule has 0 aromatic carbocycles. The van der Waals surface area contributed by atoms with Crippen molar-refractivity contribution in [3.8, 4) is 0 Å². The molecule has 5 nitrogen and oxygen atoms in total. The minimum atomic E-state index is -2.63. The molecule has 2 atom stereocenters. The Balaban J connectivity index is 1.48. The van der Waals surface area contributed by atoms with Crippen LogP contribution in [0.25, 0.3) is 0 Å². The van der Waals surface area contributed by atoms with E-state index in [1.54, 1.807) is 11.1 Å². The van der Waals surface area contributed by atoms with E-state index < -0.39 is 11.8 Å². The fraction of sp³-hybridized carbons (Fsp3) is 0.714. The van der Waals surface area contributed by atoms with Crippen LogP contribution in [0.3, 0.4) is 0 Å². The van der Waals surface area contributed by atoms with E-state index in [1.807, 2.05) is 16.9 Å². The van der Waals surface area contributed by atoms with Crippen molar-refractivity contribution >= 4 is 6.03 Å². The lowest BCUT2D eigenvalue weighted by atomic mass is 10.1. The molecule has 0 bridgehead atoms. The third-order valence-electron chi connectivity index (χ3n) is 4.51. The largest absolute Gasteiger partial charge is 0.337 e. The lowest BCUT2D eigenvalue weighted by molar-refractivity contribution is -0.0351. The van der Waals surface area contributed by atoms with E-state index in [-0.39, 0.29) is 25.0 Å². The molecule has 2 fully saturated rings. The number of amides is 2. The van der Waals surface area contributed by atoms with Gasteiger partial charge in [0, 0.05) is 44.4 Å². The zero-order chi connectivity index (χ0) is 14.9. The minimum absolute atomic E-state index is 0.0569. The van der Waals surface area contributed by atoms with Gasteiger partial charge in [0.25, 0.3) is 5.92 Å². The number of hydrogen-bond donors (Lipinski definition) is 1. The molecule has 21 heavy (non-hydrogen) atoms. The topological polar surface area (TPSA) is 50.2 Å². The van der Waals surface area contributed by atoms with E-state index in [0.717, 1.165) is 6.42 Å². The first-order valence-electron chi connectivity index (χ1n) is 7.46. The van der Waals surface area contributed by atoms with Crippen molar-refractivity contribution in [1.29, 1.82) is 0 Å². The van der Waals surface area contributed by atoms with E-state index in [2.05, 4.69) is 10.4 Å². The second-order valence-corrected chi connectivity index (χ2v) is 5.91. The smallest absolute Gasteiger partial charge is 0.317 e. The number of nitrogens with one attached hydrogen (secondary N) is 1. The van der Waals surface area contributed by atoms with Crippen molar-refractivity contribution < 1.29 is 13.6 Å². The Bertz CT molecular complexity index is 491. The van der Waals surface area contributed by atoms with Gasteiger partial charge in [0.05, 0.1) is 6.04 Å². The monoisotopic (exact) mass is 298 g/mol. The van der Waals surface area contributed by atoms with E-state index in [1.165, 1.54) is 0 Å². The van der Waals surface area contributed by atoms with Crippen LogP contribution < -0.4 is 5.32 Å². The van der Waals surface area contributed by atoms with Crippen LogP contribution in [0.15, 0.2) is 18.5 Å². The van der Waals surface area contributed by atoms with Crippen molar-refractivity contribution in [3.63, 3.8) is 0 Å². The Hall–Kier alpha value is -1.66. The minimum Gasteiger partial charge on any atom is -0.337 e. The molecule has 2 unspecified atom stereocenters. The van der Waals surface area contributed by atoms with Gasteiger partial charge < -0.3 is 10.2 Å². The summed E-state index contributed by atoms with van der Waals surface area (Å²) >= 11 is 0. The third kappa shape index (κ3) is 3.01. The number of nitrogens with zero attached hydrogens (tertiary/aromatic N) is 3. The number of alkyl halides is 2. The molecule has 1 aromatic heterocycles. The van der Waals surface area contributed by atoms with Crippen LogP contribution in [-0.4, -0.2) is 46.3 Å². The molecule has 2 amide bonds. The van der Waals surface area contributed by atoms with Crippen LogP contribution in [-0.2, 0) is 0 Å². The Morgan fingerprint density at radius 2 is 2.29 bits per heavy atom. The molecule has 3 rings (SSSR count). The standard InChI is InChI=1S/C14H20F2N4O/c15-14(16)5-1-3-11(14)9-17-13(21)19-8-4-12(10-19)20-7-2-6-18-20/h2,6-7,11-12H,1,3-5,8-10H2,(H,17,21). The van der Waals surface area contributed by atoms with Crippen LogP contribution >= 0.6 is 0 Å². The molecular formula is C14H20F2N4O. The maximum Gasteiger partial charge on any atom is 0.317 e. The highest BCUT2D eigenvalue weighted by molar-refractivity contribution is 5.74. The average Bonchev–Trinajstić information content (AvgIpc) is 3.16. The summed E-state index contributed by atoms with van der Waals surface area (Å²) in [5, 5.41) is 6.84. The van der Waals surface area contributed by atoms with Gasteiger partial charge in [0.1, 0.15) is 0 Å². The van der Waals surface area contributed by atoms with Crippen molar-refractivity contribution in [1.82, 2.24) is 20.0 Å². The van der Waals surface area contributed by atoms with Crippen molar-refractivity contribution in [3.05, 3.63) is 18.5 Å². The van der Waals surface area contributed by atoms with Gasteiger partial charge in [-0.2, -0.15) is 5.10 Å². The molecule has 0 spiro atoms. The molecule has 0 radical (unpaired) electrons. The maximum absolute atomic E-state index is 13.5. The van der Waals surface area contributed by atoms with E-state index in [9.17, 15) is 13.6 Å². The Morgan fingerprint density at radius 3 is 2.95 bits per heavy atom. The second-order valence-electron chi connectivity index (χ2n) is 5.91. The summed E-state index contributed by atoms with van der Waals surface area (Å²) in [5.41, 5.74) is 0. The van der Waals surface area contributed by atoms with Gasteiger partial charge in [-0.15, -0.1) is 0 Å². The molecule has 1 aliphatic heterocycles. The predicted molar refractivity (Wildman–Crippen MR) is 73.1 cm³/mol. The number of rotatable bonds is 3. The van der Waals surface area contributed by atoms with Gasteiger partial charge in [0.2, 0.25) is 0 Å². The van der Waals surface area contributed by atoms with Crippen LogP contribution in [0, 0.1) is 5.92 Å². The normalized spacial score (nSPS) is 28.0. The lowest BCUT2D eigenvalue weighted by Gasteiger charge is -2.22. The van der Waals surface area contributed by atoms with E-state index in [4.69, 9.17) is 0 Å². The van der Waals surface area contributed by atoms with Gasteiger partial charge in [-0.05, 0) is 25.3 Å². The highest BCUT2D eigenvalue weighted by atomic mass is 19.3. The molecule has 116 valence electrons. The maximum atomic E-state index is 13.5. The van der Waals surface area contributed by atoms with Crippen molar-refractivity contribution in [2.24, 2.45) is 5.92 Å². The number of carbonyl (C=O) groups excluding carboxylic acids is 1. The van der Waals surface area contributed by atoms with Crippen molar-refractivity contribution in [2.45, 2.75) is 37.6 Å². The van der Waals surface area contributed by atoms with E-state index in [0.29, 0.717) is 25.9 Å². The summed E-state index contributed by atoms with van der Waals surface area (Å²) in [5.74, 6) is -3.35. The summed E-state index contributed by atoms with van der Waals surface area (Å²) < 4.78 is 28.9. The van der Waals surface area contributed by atoms with Gasteiger partial charge in [-0.25, -0.2) is 13.6 Å². The number of likely N-dealkylation sites (tertiary alicyclic amines) is 1. The molecule has 1 aromatic rings. The SMILES string of the molecule is O=C(NCC1CCCC1(F)F)N1CCC(n2cccn2)C1. The first-order chi connectivity index (χ1) is 10.1. The molecule has 2 heterocycles. The first kappa shape index (κ1) is 14.3. The zero-order valence-electron chi connectivity index (χ0n) is 11.8. The fourth-order valence-corrected chi connectivity index (χ4v) is 3.21. The number of halogens is 2. The Kier molecular flexibility index (Phi) is 3.82. The summed E-state index contributed by atoms with van der Waals surface area (Å²) in [6, 6.07) is 1.79. The lowest BCUT2D eigenvalue weighted by Crippen LogP contribution is -2.42. The highest BCUT2D eigenvalue weighted by Gasteiger charge is 2.43. The van der Waals surface area contributed by atoms with Gasteiger partial charge in [-0.1, -0.05) is 0 Å². The molecular weight excluding hydrogens is 278 g/mol. The summed E-state index contributed by atoms with van der Waals surface area (Å²) in [6.45, 7) is 1.28. The van der Waals surface area contributed by atoms with Crippen LogP contribution in [0.5, 0.6) is 0 Å². The Morgan fingerprint density at radius 1 is 1.43 bits per heavy atom. The van der Waals surface area contributed by atoms with Gasteiger partial charge in [-0.3, -0.25) is 4.68 Å². The average molecular weight is 298 g/mol. The molecule has 7 heteroatoms. The quantitative estimate of drug-likeness (QED) is 0.930. The number of aromatic nitrogens is 2. The summed E-state index contributed by atoms with van der Waals surface area (Å²) in [6.07, 6.45) is 5.41. The number of urea groups is 1. The summed E-state index contributed by atoms with van der Waals surface area (Å²) in [7, 11) is 0. The fourth-order valence-electron chi connectivity index (χ4n) is 3.21. The molecule has 2 aliphatic rings. The first-order valence-corrected chi connectivity index (χ1v) is 7.46. The summed E-state index contributed by atoms with van der Waals surface area (Å²) in [4.78, 5) is 13.7. The van der Waals surface area contributed by atoms with Gasteiger partial charge >= 0.3 is 6.03 Å². The van der Waals surface area contributed by atoms with Crippen molar-refractivity contribution in [2.75, 3.05) is 19.6 Å². The second kappa shape index (κ2) is 5.61.